The minimum absolute atomic E-state index is 0.136. The first-order valence-electron chi connectivity index (χ1n) is 8.99. The third kappa shape index (κ3) is 6.39. The Morgan fingerprint density at radius 2 is 2.14 bits per heavy atom. The fourth-order valence-corrected chi connectivity index (χ4v) is 3.08. The van der Waals surface area contributed by atoms with Gasteiger partial charge in [-0.3, -0.25) is 10.2 Å². The van der Waals surface area contributed by atoms with Gasteiger partial charge in [-0.15, -0.1) is 11.3 Å². The molecule has 0 bridgehead atoms. The molecular formula is C21H20FN3O3S. The van der Waals surface area contributed by atoms with Crippen molar-refractivity contribution in [2.45, 2.75) is 20.0 Å². The molecule has 0 amide bonds. The number of ether oxygens (including phenoxy) is 2. The molecule has 1 heterocycles. The minimum atomic E-state index is -0.306. The number of hydrazone groups is 1. The van der Waals surface area contributed by atoms with Crippen LogP contribution in [0.15, 0.2) is 59.0 Å². The topological polar surface area (TPSA) is 72.8 Å². The van der Waals surface area contributed by atoms with Gasteiger partial charge in [0.05, 0.1) is 24.9 Å². The third-order valence-electron chi connectivity index (χ3n) is 3.77. The number of carbonyl (C=O) groups is 1. The van der Waals surface area contributed by atoms with E-state index in [9.17, 15) is 9.18 Å². The van der Waals surface area contributed by atoms with Crippen molar-refractivity contribution in [3.05, 3.63) is 76.5 Å². The van der Waals surface area contributed by atoms with Crippen LogP contribution < -0.4 is 10.2 Å². The summed E-state index contributed by atoms with van der Waals surface area (Å²) < 4.78 is 24.2. The number of hydrogen-bond donors (Lipinski definition) is 1. The van der Waals surface area contributed by atoms with Gasteiger partial charge in [0.2, 0.25) is 5.13 Å². The maximum absolute atomic E-state index is 13.7. The summed E-state index contributed by atoms with van der Waals surface area (Å²) in [5.41, 5.74) is 4.78. The Bertz CT molecular complexity index is 991. The summed E-state index contributed by atoms with van der Waals surface area (Å²) in [4.78, 5) is 15.8. The maximum atomic E-state index is 13.7. The van der Waals surface area contributed by atoms with Gasteiger partial charge in [0.25, 0.3) is 0 Å². The van der Waals surface area contributed by atoms with Crippen molar-refractivity contribution in [1.82, 2.24) is 4.98 Å². The van der Waals surface area contributed by atoms with Crippen molar-refractivity contribution in [3.63, 3.8) is 0 Å². The largest absolute Gasteiger partial charge is 0.489 e. The Labute approximate surface area is 172 Å². The van der Waals surface area contributed by atoms with Gasteiger partial charge in [-0.2, -0.15) is 5.10 Å². The maximum Gasteiger partial charge on any atom is 0.311 e. The van der Waals surface area contributed by atoms with Gasteiger partial charge in [0.15, 0.2) is 0 Å². The van der Waals surface area contributed by atoms with Crippen LogP contribution in [0, 0.1) is 5.82 Å². The van der Waals surface area contributed by atoms with Crippen LogP contribution >= 0.6 is 11.3 Å². The number of rotatable bonds is 9. The molecule has 0 aliphatic heterocycles. The van der Waals surface area contributed by atoms with Gasteiger partial charge in [0, 0.05) is 10.9 Å². The van der Waals surface area contributed by atoms with E-state index in [1.54, 1.807) is 48.9 Å². The molecule has 0 radical (unpaired) electrons. The number of aromatic nitrogens is 1. The fraction of sp³-hybridized carbons (Fsp3) is 0.190. The summed E-state index contributed by atoms with van der Waals surface area (Å²) >= 11 is 1.35. The first kappa shape index (κ1) is 20.5. The lowest BCUT2D eigenvalue weighted by atomic mass is 10.2. The lowest BCUT2D eigenvalue weighted by Crippen LogP contribution is -2.07. The minimum Gasteiger partial charge on any atom is -0.489 e. The molecule has 0 spiro atoms. The molecule has 0 saturated heterocycles. The van der Waals surface area contributed by atoms with Gasteiger partial charge >= 0.3 is 5.97 Å². The molecule has 0 aliphatic carbocycles. The van der Waals surface area contributed by atoms with E-state index >= 15 is 0 Å². The normalized spacial score (nSPS) is 10.8. The number of carbonyl (C=O) groups excluding carboxylic acids is 1. The summed E-state index contributed by atoms with van der Waals surface area (Å²) in [6, 6.07) is 13.8. The number of hydrogen-bond acceptors (Lipinski definition) is 7. The fourth-order valence-electron chi connectivity index (χ4n) is 2.42. The monoisotopic (exact) mass is 413 g/mol. The highest BCUT2D eigenvalue weighted by molar-refractivity contribution is 7.13. The molecule has 6 nitrogen and oxygen atoms in total. The molecule has 0 saturated carbocycles. The summed E-state index contributed by atoms with van der Waals surface area (Å²) in [5, 5.41) is 6.52. The molecule has 29 heavy (non-hydrogen) atoms. The van der Waals surface area contributed by atoms with E-state index < -0.39 is 0 Å². The second-order valence-electron chi connectivity index (χ2n) is 5.95. The molecular weight excluding hydrogens is 393 g/mol. The quantitative estimate of drug-likeness (QED) is 0.320. The summed E-state index contributed by atoms with van der Waals surface area (Å²) in [6.45, 7) is 2.26. The van der Waals surface area contributed by atoms with Gasteiger partial charge in [-0.1, -0.05) is 30.3 Å². The first-order valence-corrected chi connectivity index (χ1v) is 9.87. The SMILES string of the molecule is CCOC(=O)Cc1csc(NN=Cc2cccc(OCc3ccccc3F)c2)n1. The van der Waals surface area contributed by atoms with Crippen LogP contribution in [0.3, 0.4) is 0 Å². The van der Waals surface area contributed by atoms with Crippen molar-refractivity contribution in [2.75, 3.05) is 12.0 Å². The standard InChI is InChI=1S/C21H20FN3O3S/c1-2-27-20(26)11-17-14-29-21(24-17)25-23-12-15-6-5-8-18(10-15)28-13-16-7-3-4-9-19(16)22/h3-10,12,14H,2,11,13H2,1H3,(H,24,25). The van der Waals surface area contributed by atoms with Crippen LogP contribution in [0.2, 0.25) is 0 Å². The molecule has 2 aromatic carbocycles. The Morgan fingerprint density at radius 1 is 1.28 bits per heavy atom. The van der Waals surface area contributed by atoms with Crippen LogP contribution in [0.1, 0.15) is 23.7 Å². The van der Waals surface area contributed by atoms with E-state index in [4.69, 9.17) is 9.47 Å². The zero-order chi connectivity index (χ0) is 20.5. The first-order chi connectivity index (χ1) is 14.1. The zero-order valence-corrected chi connectivity index (χ0v) is 16.6. The molecule has 1 N–H and O–H groups in total. The summed E-state index contributed by atoms with van der Waals surface area (Å²) in [6.07, 6.45) is 1.76. The number of benzene rings is 2. The van der Waals surface area contributed by atoms with Gasteiger partial charge < -0.3 is 9.47 Å². The smallest absolute Gasteiger partial charge is 0.311 e. The average molecular weight is 413 g/mol. The number of nitrogens with zero attached hydrogens (tertiary/aromatic N) is 2. The number of halogens is 1. The third-order valence-corrected chi connectivity index (χ3v) is 4.56. The predicted molar refractivity (Wildman–Crippen MR) is 111 cm³/mol. The Hall–Kier alpha value is -3.26. The van der Waals surface area contributed by atoms with Crippen molar-refractivity contribution in [2.24, 2.45) is 5.10 Å². The van der Waals surface area contributed by atoms with E-state index in [0.717, 1.165) is 5.56 Å². The number of anilines is 1. The highest BCUT2D eigenvalue weighted by Gasteiger charge is 2.08. The Kier molecular flexibility index (Phi) is 7.29. The molecule has 3 rings (SSSR count). The lowest BCUT2D eigenvalue weighted by Gasteiger charge is -2.07. The molecule has 0 aliphatic rings. The zero-order valence-electron chi connectivity index (χ0n) is 15.8. The molecule has 3 aromatic rings. The molecule has 1 aromatic heterocycles. The number of esters is 1. The number of nitrogens with one attached hydrogen (secondary N) is 1. The Morgan fingerprint density at radius 3 is 2.97 bits per heavy atom. The van der Waals surface area contributed by atoms with Crippen LogP contribution in [0.5, 0.6) is 5.75 Å². The molecule has 8 heteroatoms. The van der Waals surface area contributed by atoms with E-state index in [1.165, 1.54) is 17.4 Å². The van der Waals surface area contributed by atoms with Crippen LogP contribution in [0.25, 0.3) is 0 Å². The van der Waals surface area contributed by atoms with Crippen molar-refractivity contribution in [3.8, 4) is 5.75 Å². The second-order valence-corrected chi connectivity index (χ2v) is 6.81. The highest BCUT2D eigenvalue weighted by Crippen LogP contribution is 2.17. The van der Waals surface area contributed by atoms with Gasteiger partial charge in [-0.25, -0.2) is 9.37 Å². The van der Waals surface area contributed by atoms with Crippen LogP contribution in [-0.2, 0) is 22.6 Å². The van der Waals surface area contributed by atoms with Gasteiger partial charge in [-0.05, 0) is 30.7 Å². The molecule has 0 atom stereocenters. The van der Waals surface area contributed by atoms with Crippen molar-refractivity contribution < 1.29 is 18.7 Å². The Balaban J connectivity index is 1.53. The summed E-state index contributed by atoms with van der Waals surface area (Å²) in [7, 11) is 0. The lowest BCUT2D eigenvalue weighted by molar-refractivity contribution is -0.142. The van der Waals surface area contributed by atoms with Crippen molar-refractivity contribution >= 4 is 28.7 Å². The second kappa shape index (κ2) is 10.3. The molecule has 0 fully saturated rings. The van der Waals surface area contributed by atoms with E-state index in [-0.39, 0.29) is 24.8 Å². The molecule has 150 valence electrons. The highest BCUT2D eigenvalue weighted by atomic mass is 32.1. The van der Waals surface area contributed by atoms with Crippen LogP contribution in [-0.4, -0.2) is 23.8 Å². The summed E-state index contributed by atoms with van der Waals surface area (Å²) in [5.74, 6) is 0.0171. The van der Waals surface area contributed by atoms with Crippen LogP contribution in [0.4, 0.5) is 9.52 Å². The van der Waals surface area contributed by atoms with Gasteiger partial charge in [0.1, 0.15) is 18.2 Å². The van der Waals surface area contributed by atoms with E-state index in [1.807, 2.05) is 12.1 Å². The predicted octanol–water partition coefficient (Wildman–Crippen LogP) is 4.41. The van der Waals surface area contributed by atoms with Crippen molar-refractivity contribution in [1.29, 1.82) is 0 Å². The molecule has 0 unspecified atom stereocenters. The van der Waals surface area contributed by atoms with E-state index in [0.29, 0.717) is 28.7 Å². The van der Waals surface area contributed by atoms with E-state index in [2.05, 4.69) is 15.5 Å². The number of thiazole rings is 1. The average Bonchev–Trinajstić information content (AvgIpc) is 3.15.